The van der Waals surface area contributed by atoms with E-state index in [9.17, 15) is 9.59 Å². The van der Waals surface area contributed by atoms with E-state index < -0.39 is 11.9 Å². The molecule has 0 saturated carbocycles. The number of halogens is 1. The summed E-state index contributed by atoms with van der Waals surface area (Å²) in [5.41, 5.74) is 0.323. The zero-order valence-corrected chi connectivity index (χ0v) is 13.9. The van der Waals surface area contributed by atoms with Gasteiger partial charge in [0.25, 0.3) is 5.91 Å². The smallest absolute Gasteiger partial charge is 0.337 e. The van der Waals surface area contributed by atoms with Gasteiger partial charge in [0.1, 0.15) is 5.75 Å². The van der Waals surface area contributed by atoms with Crippen molar-refractivity contribution in [2.45, 2.75) is 0 Å². The van der Waals surface area contributed by atoms with Crippen molar-refractivity contribution in [1.82, 2.24) is 5.32 Å². The molecule has 0 fully saturated rings. The van der Waals surface area contributed by atoms with Gasteiger partial charge in [-0.15, -0.1) is 0 Å². The lowest BCUT2D eigenvalue weighted by molar-refractivity contribution is -0.121. The van der Waals surface area contributed by atoms with Crippen LogP contribution in [0.4, 0.5) is 5.69 Å². The largest absolute Gasteiger partial charge is 0.482 e. The molecule has 2 aromatic rings. The number of para-hydroxylation sites is 2. The molecule has 0 heterocycles. The van der Waals surface area contributed by atoms with Crippen LogP contribution >= 0.6 is 23.8 Å². The van der Waals surface area contributed by atoms with E-state index in [0.29, 0.717) is 10.8 Å². The first-order valence-electron chi connectivity index (χ1n) is 6.78. The Morgan fingerprint density at radius 1 is 1.12 bits per heavy atom. The van der Waals surface area contributed by atoms with Crippen LogP contribution in [0.25, 0.3) is 0 Å². The number of amides is 1. The Bertz CT molecular complexity index is 782. The van der Waals surface area contributed by atoms with Crippen molar-refractivity contribution in [3.05, 3.63) is 59.1 Å². The minimum Gasteiger partial charge on any atom is -0.482 e. The van der Waals surface area contributed by atoms with Gasteiger partial charge in [0.05, 0.1) is 16.3 Å². The Morgan fingerprint density at radius 2 is 1.79 bits per heavy atom. The lowest BCUT2D eigenvalue weighted by Crippen LogP contribution is -2.37. The summed E-state index contributed by atoms with van der Waals surface area (Å²) in [4.78, 5) is 22.9. The molecule has 0 aliphatic heterocycles. The van der Waals surface area contributed by atoms with Gasteiger partial charge >= 0.3 is 5.97 Å². The van der Waals surface area contributed by atoms with Crippen molar-refractivity contribution in [2.75, 3.05) is 11.9 Å². The van der Waals surface area contributed by atoms with E-state index in [0.717, 1.165) is 0 Å². The first-order valence-corrected chi connectivity index (χ1v) is 7.56. The fourth-order valence-corrected chi connectivity index (χ4v) is 2.21. The topological polar surface area (TPSA) is 87.7 Å². The number of carboxylic acid groups (broad SMARTS) is 1. The monoisotopic (exact) mass is 364 g/mol. The standard InChI is InChI=1S/C16H13ClN2O4S/c17-11-6-2-4-8-13(11)23-9-14(20)19-16(24)18-12-7-3-1-5-10(12)15(21)22/h1-8H,9H2,(H,21,22)(H2,18,19,20,24). The van der Waals surface area contributed by atoms with Gasteiger partial charge < -0.3 is 15.2 Å². The molecule has 2 aromatic carbocycles. The van der Waals surface area contributed by atoms with Gasteiger partial charge in [-0.3, -0.25) is 10.1 Å². The average molecular weight is 365 g/mol. The molecular formula is C16H13ClN2O4S. The van der Waals surface area contributed by atoms with Crippen LogP contribution in [-0.2, 0) is 4.79 Å². The van der Waals surface area contributed by atoms with Crippen LogP contribution in [-0.4, -0.2) is 28.7 Å². The fourth-order valence-electron chi connectivity index (χ4n) is 1.80. The van der Waals surface area contributed by atoms with Crippen LogP contribution in [0.5, 0.6) is 5.75 Å². The minimum absolute atomic E-state index is 0.0311. The normalized spacial score (nSPS) is 9.88. The number of hydrogen-bond acceptors (Lipinski definition) is 4. The SMILES string of the molecule is O=C(COc1ccccc1Cl)NC(=S)Nc1ccccc1C(=O)O. The Hall–Kier alpha value is -2.64. The van der Waals surface area contributed by atoms with Crippen molar-refractivity contribution >= 4 is 46.5 Å². The highest BCUT2D eigenvalue weighted by molar-refractivity contribution is 7.80. The Morgan fingerprint density at radius 3 is 2.50 bits per heavy atom. The number of carbonyl (C=O) groups is 2. The third kappa shape index (κ3) is 4.94. The van der Waals surface area contributed by atoms with E-state index in [1.165, 1.54) is 6.07 Å². The fraction of sp³-hybridized carbons (Fsp3) is 0.0625. The molecule has 1 amide bonds. The predicted octanol–water partition coefficient (Wildman–Crippen LogP) is 2.93. The molecule has 3 N–H and O–H groups in total. The molecule has 124 valence electrons. The molecule has 24 heavy (non-hydrogen) atoms. The Balaban J connectivity index is 1.90. The van der Waals surface area contributed by atoms with Crippen molar-refractivity contribution in [3.63, 3.8) is 0 Å². The van der Waals surface area contributed by atoms with Crippen molar-refractivity contribution in [2.24, 2.45) is 0 Å². The summed E-state index contributed by atoms with van der Waals surface area (Å²) in [5.74, 6) is -1.22. The summed E-state index contributed by atoms with van der Waals surface area (Å²) in [6, 6.07) is 13.0. The van der Waals surface area contributed by atoms with E-state index in [1.54, 1.807) is 42.5 Å². The van der Waals surface area contributed by atoms with Gasteiger partial charge in [-0.05, 0) is 36.5 Å². The highest BCUT2D eigenvalue weighted by Crippen LogP contribution is 2.22. The minimum atomic E-state index is -1.10. The van der Waals surface area contributed by atoms with E-state index in [2.05, 4.69) is 10.6 Å². The van der Waals surface area contributed by atoms with Crippen molar-refractivity contribution in [3.8, 4) is 5.75 Å². The first-order chi connectivity index (χ1) is 11.5. The van der Waals surface area contributed by atoms with Crippen LogP contribution in [0.15, 0.2) is 48.5 Å². The third-order valence-electron chi connectivity index (χ3n) is 2.85. The molecule has 6 nitrogen and oxygen atoms in total. The first kappa shape index (κ1) is 17.7. The average Bonchev–Trinajstić information content (AvgIpc) is 2.54. The summed E-state index contributed by atoms with van der Waals surface area (Å²) in [6.45, 7) is -0.286. The van der Waals surface area contributed by atoms with Gasteiger partial charge in [-0.25, -0.2) is 4.79 Å². The molecule has 0 aliphatic rings. The van der Waals surface area contributed by atoms with Crippen LogP contribution in [0, 0.1) is 0 Å². The van der Waals surface area contributed by atoms with E-state index in [1.807, 2.05) is 0 Å². The quantitative estimate of drug-likeness (QED) is 0.707. The van der Waals surface area contributed by atoms with Crippen LogP contribution < -0.4 is 15.4 Å². The molecule has 0 aliphatic carbocycles. The second kappa shape index (κ2) is 8.28. The maximum Gasteiger partial charge on any atom is 0.337 e. The second-order valence-corrected chi connectivity index (χ2v) is 5.39. The Kier molecular flexibility index (Phi) is 6.11. The summed E-state index contributed by atoms with van der Waals surface area (Å²) < 4.78 is 5.29. The van der Waals surface area contributed by atoms with Crippen LogP contribution in [0.1, 0.15) is 10.4 Å². The van der Waals surface area contributed by atoms with Gasteiger partial charge in [0.15, 0.2) is 11.7 Å². The highest BCUT2D eigenvalue weighted by atomic mass is 35.5. The summed E-state index contributed by atoms with van der Waals surface area (Å²) in [5, 5.41) is 14.5. The molecule has 8 heteroatoms. The maximum atomic E-state index is 11.8. The van der Waals surface area contributed by atoms with Crippen LogP contribution in [0.3, 0.4) is 0 Å². The number of hydrogen-bond donors (Lipinski definition) is 3. The van der Waals surface area contributed by atoms with Gasteiger partial charge in [-0.2, -0.15) is 0 Å². The summed E-state index contributed by atoms with van der Waals surface area (Å²) >= 11 is 10.9. The van der Waals surface area contributed by atoms with Crippen molar-refractivity contribution < 1.29 is 19.4 Å². The molecule has 0 bridgehead atoms. The van der Waals surface area contributed by atoms with E-state index in [4.69, 9.17) is 33.7 Å². The van der Waals surface area contributed by atoms with Gasteiger partial charge in [-0.1, -0.05) is 35.9 Å². The third-order valence-corrected chi connectivity index (χ3v) is 3.37. The second-order valence-electron chi connectivity index (χ2n) is 4.57. The molecule has 0 atom stereocenters. The number of thiocarbonyl (C=S) groups is 1. The number of carbonyl (C=O) groups excluding carboxylic acids is 1. The molecule has 0 radical (unpaired) electrons. The lowest BCUT2D eigenvalue weighted by atomic mass is 10.2. The van der Waals surface area contributed by atoms with Gasteiger partial charge in [0.2, 0.25) is 0 Å². The lowest BCUT2D eigenvalue weighted by Gasteiger charge is -2.12. The number of rotatable bonds is 5. The van der Waals surface area contributed by atoms with E-state index >= 15 is 0 Å². The summed E-state index contributed by atoms with van der Waals surface area (Å²) in [6.07, 6.45) is 0. The summed E-state index contributed by atoms with van der Waals surface area (Å²) in [7, 11) is 0. The number of benzene rings is 2. The number of carboxylic acids is 1. The zero-order valence-electron chi connectivity index (χ0n) is 12.3. The molecule has 0 unspecified atom stereocenters. The van der Waals surface area contributed by atoms with E-state index in [-0.39, 0.29) is 23.0 Å². The molecular weight excluding hydrogens is 352 g/mol. The van der Waals surface area contributed by atoms with Gasteiger partial charge in [0, 0.05) is 0 Å². The number of aromatic carboxylic acids is 1. The Labute approximate surface area is 148 Å². The number of ether oxygens (including phenoxy) is 1. The molecule has 0 spiro atoms. The zero-order chi connectivity index (χ0) is 17.5. The molecule has 0 aromatic heterocycles. The maximum absolute atomic E-state index is 11.8. The number of nitrogens with one attached hydrogen (secondary N) is 2. The molecule has 0 saturated heterocycles. The number of anilines is 1. The van der Waals surface area contributed by atoms with Crippen molar-refractivity contribution in [1.29, 1.82) is 0 Å². The highest BCUT2D eigenvalue weighted by Gasteiger charge is 2.12. The molecule has 2 rings (SSSR count). The predicted molar refractivity (Wildman–Crippen MR) is 94.7 cm³/mol. The van der Waals surface area contributed by atoms with Crippen LogP contribution in [0.2, 0.25) is 5.02 Å².